The van der Waals surface area contributed by atoms with Crippen molar-refractivity contribution in [1.29, 1.82) is 0 Å². The van der Waals surface area contributed by atoms with Gasteiger partial charge in [-0.05, 0) is 18.1 Å². The van der Waals surface area contributed by atoms with Crippen LogP contribution in [0, 0.1) is 0 Å². The summed E-state index contributed by atoms with van der Waals surface area (Å²) in [6, 6.07) is 9.92. The van der Waals surface area contributed by atoms with Crippen LogP contribution < -0.4 is 0 Å². The number of methoxy groups -OCH3 is 1. The Hall–Kier alpha value is -1.61. The molecule has 3 nitrogen and oxygen atoms in total. The van der Waals surface area contributed by atoms with E-state index in [4.69, 9.17) is 4.74 Å². The fraction of sp³-hybridized carbons (Fsp3) is 0.308. The van der Waals surface area contributed by atoms with Crippen molar-refractivity contribution >= 4 is 5.91 Å². The monoisotopic (exact) mass is 217 g/mol. The minimum absolute atomic E-state index is 0.0215. The molecule has 0 spiro atoms. The van der Waals surface area contributed by atoms with E-state index in [1.165, 1.54) is 0 Å². The lowest BCUT2D eigenvalue weighted by Gasteiger charge is -2.25. The Labute approximate surface area is 95.3 Å². The van der Waals surface area contributed by atoms with E-state index in [1.807, 2.05) is 37.3 Å². The van der Waals surface area contributed by atoms with Crippen LogP contribution in [0.5, 0.6) is 0 Å². The molecular formula is C13H15NO2. The molecule has 0 saturated carbocycles. The number of hydrogen-bond donors (Lipinski definition) is 0. The first-order chi connectivity index (χ1) is 7.72. The van der Waals surface area contributed by atoms with Crippen LogP contribution in [0.25, 0.3) is 0 Å². The van der Waals surface area contributed by atoms with Crippen LogP contribution in [-0.2, 0) is 16.1 Å². The van der Waals surface area contributed by atoms with Crippen molar-refractivity contribution in [2.75, 3.05) is 7.11 Å². The van der Waals surface area contributed by atoms with E-state index in [1.54, 1.807) is 18.1 Å². The number of nitrogens with zero attached hydrogens (tertiary/aromatic N) is 1. The lowest BCUT2D eigenvalue weighted by Crippen LogP contribution is -2.35. The molecule has 1 amide bonds. The van der Waals surface area contributed by atoms with Crippen molar-refractivity contribution in [2.24, 2.45) is 0 Å². The second kappa shape index (κ2) is 4.49. The van der Waals surface area contributed by atoms with Crippen LogP contribution in [0.3, 0.4) is 0 Å². The normalized spacial score (nSPS) is 20.1. The summed E-state index contributed by atoms with van der Waals surface area (Å²) >= 11 is 0. The summed E-state index contributed by atoms with van der Waals surface area (Å²) < 4.78 is 5.32. The molecule has 1 aromatic rings. The van der Waals surface area contributed by atoms with Gasteiger partial charge in [-0.1, -0.05) is 30.3 Å². The van der Waals surface area contributed by atoms with Gasteiger partial charge in [0.05, 0.1) is 0 Å². The highest BCUT2D eigenvalue weighted by Gasteiger charge is 2.29. The maximum Gasteiger partial charge on any atom is 0.249 e. The average Bonchev–Trinajstić information content (AvgIpc) is 2.55. The van der Waals surface area contributed by atoms with Gasteiger partial charge in [-0.2, -0.15) is 0 Å². The van der Waals surface area contributed by atoms with Crippen molar-refractivity contribution in [1.82, 2.24) is 4.90 Å². The number of hydrogen-bond acceptors (Lipinski definition) is 2. The lowest BCUT2D eigenvalue weighted by atomic mass is 10.2. The minimum atomic E-state index is -0.215. The third-order valence-corrected chi connectivity index (χ3v) is 2.73. The zero-order valence-corrected chi connectivity index (χ0v) is 9.51. The molecule has 3 heteroatoms. The molecule has 0 fully saturated rings. The zero-order valence-electron chi connectivity index (χ0n) is 9.51. The number of carbonyl (C=O) groups is 1. The molecule has 0 aliphatic carbocycles. The molecule has 2 rings (SSSR count). The van der Waals surface area contributed by atoms with Crippen LogP contribution >= 0.6 is 0 Å². The van der Waals surface area contributed by atoms with E-state index >= 15 is 0 Å². The fourth-order valence-electron chi connectivity index (χ4n) is 1.96. The van der Waals surface area contributed by atoms with E-state index in [-0.39, 0.29) is 12.1 Å². The quantitative estimate of drug-likeness (QED) is 0.774. The van der Waals surface area contributed by atoms with E-state index in [2.05, 4.69) is 0 Å². The molecule has 1 aromatic carbocycles. The molecule has 0 radical (unpaired) electrons. The van der Waals surface area contributed by atoms with Gasteiger partial charge >= 0.3 is 0 Å². The van der Waals surface area contributed by atoms with Crippen molar-refractivity contribution in [2.45, 2.75) is 19.7 Å². The Morgan fingerprint density at radius 2 is 2.00 bits per heavy atom. The molecule has 1 heterocycles. The van der Waals surface area contributed by atoms with Crippen molar-refractivity contribution in [3.05, 3.63) is 47.5 Å². The number of carbonyl (C=O) groups excluding carboxylic acids is 1. The van der Waals surface area contributed by atoms with Gasteiger partial charge in [0.2, 0.25) is 5.91 Å². The first-order valence-electron chi connectivity index (χ1n) is 5.28. The molecule has 84 valence electrons. The predicted molar refractivity (Wildman–Crippen MR) is 61.5 cm³/mol. The second-order valence-electron chi connectivity index (χ2n) is 3.93. The molecule has 1 atom stereocenters. The largest absolute Gasteiger partial charge is 0.358 e. The number of ether oxygens (including phenoxy) is 1. The van der Waals surface area contributed by atoms with Gasteiger partial charge in [0.25, 0.3) is 0 Å². The van der Waals surface area contributed by atoms with Crippen LogP contribution in [0.15, 0.2) is 42.0 Å². The van der Waals surface area contributed by atoms with Crippen LogP contribution in [0.1, 0.15) is 12.5 Å². The van der Waals surface area contributed by atoms with Crippen LogP contribution in [-0.4, -0.2) is 24.1 Å². The molecule has 1 aliphatic heterocycles. The topological polar surface area (TPSA) is 29.5 Å². The van der Waals surface area contributed by atoms with E-state index < -0.39 is 0 Å². The third kappa shape index (κ3) is 1.99. The summed E-state index contributed by atoms with van der Waals surface area (Å²) in [4.78, 5) is 13.5. The first-order valence-corrected chi connectivity index (χ1v) is 5.28. The summed E-state index contributed by atoms with van der Waals surface area (Å²) in [5.74, 6) is 0.0215. The van der Waals surface area contributed by atoms with Crippen LogP contribution in [0.2, 0.25) is 0 Å². The minimum Gasteiger partial charge on any atom is -0.358 e. The van der Waals surface area contributed by atoms with Gasteiger partial charge in [0, 0.05) is 19.7 Å². The highest BCUT2D eigenvalue weighted by Crippen LogP contribution is 2.21. The SMILES string of the molecule is COC1C(C)=CC(=O)N1Cc1ccccc1. The Morgan fingerprint density at radius 3 is 2.62 bits per heavy atom. The maximum atomic E-state index is 11.7. The van der Waals surface area contributed by atoms with Crippen molar-refractivity contribution < 1.29 is 9.53 Å². The molecule has 1 unspecified atom stereocenters. The molecule has 16 heavy (non-hydrogen) atoms. The Morgan fingerprint density at radius 1 is 1.31 bits per heavy atom. The zero-order chi connectivity index (χ0) is 11.5. The van der Waals surface area contributed by atoms with Gasteiger partial charge in [0.15, 0.2) is 6.23 Å². The van der Waals surface area contributed by atoms with Gasteiger partial charge in [-0.25, -0.2) is 0 Å². The number of amides is 1. The van der Waals surface area contributed by atoms with Gasteiger partial charge in [0.1, 0.15) is 0 Å². The smallest absolute Gasteiger partial charge is 0.249 e. The molecule has 0 aromatic heterocycles. The second-order valence-corrected chi connectivity index (χ2v) is 3.93. The summed E-state index contributed by atoms with van der Waals surface area (Å²) in [7, 11) is 1.62. The summed E-state index contributed by atoms with van der Waals surface area (Å²) in [5, 5.41) is 0. The summed E-state index contributed by atoms with van der Waals surface area (Å²) in [5.41, 5.74) is 2.07. The number of benzene rings is 1. The standard InChI is InChI=1S/C13H15NO2/c1-10-8-12(15)14(13(10)16-2)9-11-6-4-3-5-7-11/h3-8,13H,9H2,1-2H3. The maximum absolute atomic E-state index is 11.7. The van der Waals surface area contributed by atoms with E-state index in [0.717, 1.165) is 11.1 Å². The van der Waals surface area contributed by atoms with Crippen molar-refractivity contribution in [3.63, 3.8) is 0 Å². The van der Waals surface area contributed by atoms with Gasteiger partial charge in [-0.3, -0.25) is 4.79 Å². The number of rotatable bonds is 3. The third-order valence-electron chi connectivity index (χ3n) is 2.73. The highest BCUT2D eigenvalue weighted by molar-refractivity contribution is 5.91. The molecule has 1 aliphatic rings. The lowest BCUT2D eigenvalue weighted by molar-refractivity contribution is -0.133. The Bertz CT molecular complexity index is 411. The van der Waals surface area contributed by atoms with E-state index in [9.17, 15) is 4.79 Å². The van der Waals surface area contributed by atoms with E-state index in [0.29, 0.717) is 6.54 Å². The Kier molecular flexibility index (Phi) is 3.06. The molecule has 0 bridgehead atoms. The molecular weight excluding hydrogens is 202 g/mol. The van der Waals surface area contributed by atoms with Gasteiger partial charge < -0.3 is 9.64 Å². The summed E-state index contributed by atoms with van der Waals surface area (Å²) in [6.45, 7) is 2.50. The predicted octanol–water partition coefficient (Wildman–Crippen LogP) is 1.95. The fourth-order valence-corrected chi connectivity index (χ4v) is 1.96. The van der Waals surface area contributed by atoms with Gasteiger partial charge in [-0.15, -0.1) is 0 Å². The highest BCUT2D eigenvalue weighted by atomic mass is 16.5. The average molecular weight is 217 g/mol. The molecule has 0 saturated heterocycles. The summed E-state index contributed by atoms with van der Waals surface area (Å²) in [6.07, 6.45) is 1.42. The van der Waals surface area contributed by atoms with Crippen LogP contribution in [0.4, 0.5) is 0 Å². The Balaban J connectivity index is 2.14. The van der Waals surface area contributed by atoms with Crippen molar-refractivity contribution in [3.8, 4) is 0 Å². The first kappa shape index (κ1) is 10.9. The molecule has 0 N–H and O–H groups in total.